The Balaban J connectivity index is 2.21. The van der Waals surface area contributed by atoms with Crippen LogP contribution in [0.1, 0.15) is 25.3 Å². The van der Waals surface area contributed by atoms with Gasteiger partial charge in [0.25, 0.3) is 0 Å². The third-order valence-corrected chi connectivity index (χ3v) is 3.70. The summed E-state index contributed by atoms with van der Waals surface area (Å²) in [5.74, 6) is 0.810. The first-order valence-corrected chi connectivity index (χ1v) is 6.48. The Bertz CT molecular complexity index is 422. The second-order valence-electron chi connectivity index (χ2n) is 4.32. The normalized spacial score (nSPS) is 19.8. The lowest BCUT2D eigenvalue weighted by atomic mass is 10.1. The summed E-state index contributed by atoms with van der Waals surface area (Å²) in [7, 11) is 0. The van der Waals surface area contributed by atoms with E-state index < -0.39 is 0 Å². The Morgan fingerprint density at radius 2 is 2.31 bits per heavy atom. The fourth-order valence-electron chi connectivity index (χ4n) is 2.22. The van der Waals surface area contributed by atoms with E-state index in [9.17, 15) is 0 Å². The predicted octanol–water partition coefficient (Wildman–Crippen LogP) is 3.56. The Morgan fingerprint density at radius 1 is 1.50 bits per heavy atom. The number of anilines is 1. The molecule has 1 saturated heterocycles. The first-order chi connectivity index (χ1) is 7.72. The largest absolute Gasteiger partial charge is 0.371 e. The second-order valence-corrected chi connectivity index (χ2v) is 5.23. The lowest BCUT2D eigenvalue weighted by Gasteiger charge is -2.19. The van der Waals surface area contributed by atoms with Gasteiger partial charge >= 0.3 is 0 Å². The fraction of sp³-hybridized carbons (Fsp3) is 0.462. The van der Waals surface area contributed by atoms with Crippen molar-refractivity contribution in [1.82, 2.24) is 0 Å². The average Bonchev–Trinajstić information content (AvgIpc) is 2.76. The Kier molecular flexibility index (Phi) is 3.50. The third-order valence-electron chi connectivity index (χ3n) is 3.24. The van der Waals surface area contributed by atoms with Crippen molar-refractivity contribution in [2.75, 3.05) is 18.0 Å². The predicted molar refractivity (Wildman–Crippen MR) is 69.5 cm³/mol. The van der Waals surface area contributed by atoms with Gasteiger partial charge in [-0.25, -0.2) is 0 Å². The third kappa shape index (κ3) is 2.38. The molecule has 16 heavy (non-hydrogen) atoms. The average molecular weight is 279 g/mol. The van der Waals surface area contributed by atoms with Gasteiger partial charge < -0.3 is 4.90 Å². The number of hydrogen-bond donors (Lipinski definition) is 0. The monoisotopic (exact) mass is 278 g/mol. The van der Waals surface area contributed by atoms with Gasteiger partial charge in [0.15, 0.2) is 0 Å². The molecule has 0 spiro atoms. The van der Waals surface area contributed by atoms with Crippen LogP contribution in [0.5, 0.6) is 0 Å². The molecule has 1 unspecified atom stereocenters. The molecule has 1 aromatic carbocycles. The van der Waals surface area contributed by atoms with Crippen LogP contribution in [0.2, 0.25) is 0 Å². The maximum absolute atomic E-state index is 8.94. The van der Waals surface area contributed by atoms with E-state index in [1.807, 2.05) is 12.1 Å². The van der Waals surface area contributed by atoms with Crippen molar-refractivity contribution in [3.05, 3.63) is 28.2 Å². The van der Waals surface area contributed by atoms with Gasteiger partial charge in [0, 0.05) is 23.2 Å². The van der Waals surface area contributed by atoms with Gasteiger partial charge in [-0.1, -0.05) is 29.3 Å². The van der Waals surface area contributed by atoms with Gasteiger partial charge in [0.2, 0.25) is 0 Å². The van der Waals surface area contributed by atoms with Gasteiger partial charge in [0.1, 0.15) is 0 Å². The van der Waals surface area contributed by atoms with Crippen molar-refractivity contribution in [3.8, 4) is 6.07 Å². The highest BCUT2D eigenvalue weighted by Gasteiger charge is 2.21. The molecule has 0 saturated carbocycles. The summed E-state index contributed by atoms with van der Waals surface area (Å²) >= 11 is 3.46. The van der Waals surface area contributed by atoms with E-state index in [0.29, 0.717) is 0 Å². The highest BCUT2D eigenvalue weighted by molar-refractivity contribution is 9.10. The van der Waals surface area contributed by atoms with Crippen LogP contribution >= 0.6 is 15.9 Å². The van der Waals surface area contributed by atoms with Crippen LogP contribution in [0.15, 0.2) is 22.7 Å². The lowest BCUT2D eigenvalue weighted by Crippen LogP contribution is -2.19. The number of nitriles is 1. The van der Waals surface area contributed by atoms with Crippen molar-refractivity contribution in [2.24, 2.45) is 5.92 Å². The molecule has 3 heteroatoms. The molecule has 1 aromatic rings. The van der Waals surface area contributed by atoms with Crippen LogP contribution in [0.4, 0.5) is 5.69 Å². The zero-order valence-electron chi connectivity index (χ0n) is 9.41. The zero-order valence-corrected chi connectivity index (χ0v) is 11.0. The van der Waals surface area contributed by atoms with Crippen LogP contribution < -0.4 is 4.90 Å². The van der Waals surface area contributed by atoms with Crippen molar-refractivity contribution in [1.29, 1.82) is 5.26 Å². The molecule has 1 aliphatic rings. The topological polar surface area (TPSA) is 27.0 Å². The SMILES string of the molecule is CCC1CCN(c2cc(Br)cc(C#N)c2)C1. The fourth-order valence-corrected chi connectivity index (χ4v) is 2.70. The van der Waals surface area contributed by atoms with Crippen LogP contribution in [-0.4, -0.2) is 13.1 Å². The summed E-state index contributed by atoms with van der Waals surface area (Å²) in [6.45, 7) is 4.48. The lowest BCUT2D eigenvalue weighted by molar-refractivity contribution is 0.569. The quantitative estimate of drug-likeness (QED) is 0.827. The second kappa shape index (κ2) is 4.88. The maximum atomic E-state index is 8.94. The van der Waals surface area contributed by atoms with Crippen LogP contribution in [0, 0.1) is 17.2 Å². The molecule has 0 amide bonds. The summed E-state index contributed by atoms with van der Waals surface area (Å²) in [6.07, 6.45) is 2.51. The summed E-state index contributed by atoms with van der Waals surface area (Å²) in [5, 5.41) is 8.94. The number of rotatable bonds is 2. The van der Waals surface area contributed by atoms with E-state index >= 15 is 0 Å². The number of benzene rings is 1. The molecule has 2 rings (SSSR count). The number of hydrogen-bond acceptors (Lipinski definition) is 2. The Hall–Kier alpha value is -1.01. The Morgan fingerprint density at radius 3 is 2.94 bits per heavy atom. The first-order valence-electron chi connectivity index (χ1n) is 5.68. The molecule has 2 nitrogen and oxygen atoms in total. The van der Waals surface area contributed by atoms with E-state index in [1.54, 1.807) is 0 Å². The molecule has 1 aliphatic heterocycles. The van der Waals surface area contributed by atoms with Gasteiger partial charge in [-0.2, -0.15) is 5.26 Å². The molecule has 0 bridgehead atoms. The number of nitrogens with zero attached hydrogens (tertiary/aromatic N) is 2. The van der Waals surface area contributed by atoms with Crippen LogP contribution in [-0.2, 0) is 0 Å². The molecule has 1 atom stereocenters. The molecular weight excluding hydrogens is 264 g/mol. The molecule has 0 N–H and O–H groups in total. The van der Waals surface area contributed by atoms with Gasteiger partial charge in [-0.3, -0.25) is 0 Å². The summed E-state index contributed by atoms with van der Waals surface area (Å²) in [5.41, 5.74) is 1.89. The van der Waals surface area contributed by atoms with E-state index in [-0.39, 0.29) is 0 Å². The molecule has 1 heterocycles. The minimum atomic E-state index is 0.726. The van der Waals surface area contributed by atoms with Gasteiger partial charge in [0.05, 0.1) is 11.6 Å². The zero-order chi connectivity index (χ0) is 11.5. The van der Waals surface area contributed by atoms with Gasteiger partial charge in [-0.15, -0.1) is 0 Å². The van der Waals surface area contributed by atoms with Crippen molar-refractivity contribution >= 4 is 21.6 Å². The number of halogens is 1. The smallest absolute Gasteiger partial charge is 0.0992 e. The maximum Gasteiger partial charge on any atom is 0.0992 e. The highest BCUT2D eigenvalue weighted by atomic mass is 79.9. The standard InChI is InChI=1S/C13H15BrN2/c1-2-10-3-4-16(9-10)13-6-11(8-15)5-12(14)7-13/h5-7,10H,2-4,9H2,1H3. The van der Waals surface area contributed by atoms with Crippen LogP contribution in [0.25, 0.3) is 0 Å². The Labute approximate surface area is 105 Å². The molecule has 0 aliphatic carbocycles. The van der Waals surface area contributed by atoms with Crippen molar-refractivity contribution in [2.45, 2.75) is 19.8 Å². The molecule has 1 fully saturated rings. The van der Waals surface area contributed by atoms with Crippen molar-refractivity contribution < 1.29 is 0 Å². The molecule has 0 aromatic heterocycles. The molecule has 0 radical (unpaired) electrons. The minimum absolute atomic E-state index is 0.726. The highest BCUT2D eigenvalue weighted by Crippen LogP contribution is 2.28. The van der Waals surface area contributed by atoms with E-state index in [4.69, 9.17) is 5.26 Å². The minimum Gasteiger partial charge on any atom is -0.371 e. The summed E-state index contributed by atoms with van der Waals surface area (Å²) in [4.78, 5) is 2.37. The van der Waals surface area contributed by atoms with Gasteiger partial charge in [-0.05, 0) is 30.5 Å². The van der Waals surface area contributed by atoms with E-state index in [0.717, 1.165) is 29.0 Å². The van der Waals surface area contributed by atoms with E-state index in [2.05, 4.69) is 39.9 Å². The van der Waals surface area contributed by atoms with Crippen LogP contribution in [0.3, 0.4) is 0 Å². The van der Waals surface area contributed by atoms with Crippen molar-refractivity contribution in [3.63, 3.8) is 0 Å². The summed E-state index contributed by atoms with van der Waals surface area (Å²) in [6, 6.07) is 8.13. The first kappa shape index (κ1) is 11.5. The van der Waals surface area contributed by atoms with E-state index in [1.165, 1.54) is 18.5 Å². The molecular formula is C13H15BrN2. The molecule has 84 valence electrons. The summed E-state index contributed by atoms with van der Waals surface area (Å²) < 4.78 is 0.987.